The van der Waals surface area contributed by atoms with E-state index in [0.717, 1.165) is 5.76 Å². The van der Waals surface area contributed by atoms with E-state index >= 15 is 0 Å². The van der Waals surface area contributed by atoms with Gasteiger partial charge in [0.25, 0.3) is 0 Å². The minimum Gasteiger partial charge on any atom is -0.465 e. The minimum atomic E-state index is -3.58. The molecule has 108 valence electrons. The van der Waals surface area contributed by atoms with Gasteiger partial charge in [-0.1, -0.05) is 0 Å². The number of furan rings is 1. The Labute approximate surface area is 118 Å². The van der Waals surface area contributed by atoms with Crippen LogP contribution in [0.2, 0.25) is 0 Å². The Morgan fingerprint density at radius 3 is 2.55 bits per heavy atom. The van der Waals surface area contributed by atoms with Gasteiger partial charge in [-0.25, -0.2) is 8.42 Å². The van der Waals surface area contributed by atoms with Crippen molar-refractivity contribution in [1.29, 1.82) is 0 Å². The summed E-state index contributed by atoms with van der Waals surface area (Å²) in [7, 11) is -2.08. The molecule has 0 amide bonds. The van der Waals surface area contributed by atoms with Crippen molar-refractivity contribution >= 4 is 10.0 Å². The zero-order valence-corrected chi connectivity index (χ0v) is 12.2. The number of nitrogens with zero attached hydrogens (tertiary/aromatic N) is 2. The van der Waals surface area contributed by atoms with Gasteiger partial charge in [0.15, 0.2) is 0 Å². The first-order valence-corrected chi connectivity index (χ1v) is 7.54. The van der Waals surface area contributed by atoms with Crippen molar-refractivity contribution in [2.75, 3.05) is 7.05 Å². The molecule has 0 aromatic carbocycles. The summed E-state index contributed by atoms with van der Waals surface area (Å²) in [5.41, 5.74) is 6.09. The first-order chi connectivity index (χ1) is 9.43. The number of hydrogen-bond acceptors (Lipinski definition) is 5. The molecule has 0 aliphatic rings. The molecule has 2 aromatic heterocycles. The van der Waals surface area contributed by atoms with E-state index in [-0.39, 0.29) is 18.0 Å². The summed E-state index contributed by atoms with van der Waals surface area (Å²) < 4.78 is 31.3. The Balaban J connectivity index is 2.19. The highest BCUT2D eigenvalue weighted by Crippen LogP contribution is 2.17. The lowest BCUT2D eigenvalue weighted by Gasteiger charge is -2.15. The number of aromatic nitrogens is 1. The summed E-state index contributed by atoms with van der Waals surface area (Å²) >= 11 is 0. The van der Waals surface area contributed by atoms with Crippen molar-refractivity contribution in [2.24, 2.45) is 5.73 Å². The van der Waals surface area contributed by atoms with Crippen molar-refractivity contribution in [3.05, 3.63) is 47.7 Å². The van der Waals surface area contributed by atoms with E-state index in [0.29, 0.717) is 11.5 Å². The largest absolute Gasteiger partial charge is 0.465 e. The SMILES string of the molecule is Cc1ccc(CN(C)S(=O)(=O)c2ccc(CN)nc2)o1. The van der Waals surface area contributed by atoms with E-state index in [4.69, 9.17) is 10.2 Å². The van der Waals surface area contributed by atoms with Gasteiger partial charge in [0.1, 0.15) is 16.4 Å². The number of rotatable bonds is 5. The van der Waals surface area contributed by atoms with Crippen LogP contribution in [0.1, 0.15) is 17.2 Å². The van der Waals surface area contributed by atoms with Crippen LogP contribution in [-0.2, 0) is 23.1 Å². The van der Waals surface area contributed by atoms with Crippen LogP contribution in [0, 0.1) is 6.92 Å². The minimum absolute atomic E-state index is 0.139. The molecular formula is C13H17N3O3S. The summed E-state index contributed by atoms with van der Waals surface area (Å²) in [6.07, 6.45) is 1.32. The molecule has 0 saturated heterocycles. The highest BCUT2D eigenvalue weighted by atomic mass is 32.2. The van der Waals surface area contributed by atoms with Crippen LogP contribution in [0.15, 0.2) is 39.8 Å². The van der Waals surface area contributed by atoms with Gasteiger partial charge in [-0.3, -0.25) is 4.98 Å². The van der Waals surface area contributed by atoms with Crippen molar-refractivity contribution in [2.45, 2.75) is 24.9 Å². The molecule has 0 aliphatic heterocycles. The molecule has 2 aromatic rings. The van der Waals surface area contributed by atoms with Crippen molar-refractivity contribution in [1.82, 2.24) is 9.29 Å². The van der Waals surface area contributed by atoms with E-state index < -0.39 is 10.0 Å². The van der Waals surface area contributed by atoms with E-state index in [9.17, 15) is 8.42 Å². The first kappa shape index (κ1) is 14.7. The van der Waals surface area contributed by atoms with Crippen molar-refractivity contribution in [3.63, 3.8) is 0 Å². The van der Waals surface area contributed by atoms with Crippen LogP contribution in [0.4, 0.5) is 0 Å². The third kappa shape index (κ3) is 3.06. The molecule has 2 rings (SSSR count). The van der Waals surface area contributed by atoms with Gasteiger partial charge in [-0.05, 0) is 31.2 Å². The molecule has 2 heterocycles. The van der Waals surface area contributed by atoms with Crippen LogP contribution in [0.3, 0.4) is 0 Å². The fourth-order valence-corrected chi connectivity index (χ4v) is 2.82. The summed E-state index contributed by atoms with van der Waals surface area (Å²) in [5.74, 6) is 1.35. The van der Waals surface area contributed by atoms with E-state index in [1.54, 1.807) is 18.2 Å². The third-order valence-corrected chi connectivity index (χ3v) is 4.68. The van der Waals surface area contributed by atoms with E-state index in [1.807, 2.05) is 6.92 Å². The van der Waals surface area contributed by atoms with Gasteiger partial charge >= 0.3 is 0 Å². The molecule has 6 nitrogen and oxygen atoms in total. The Morgan fingerprint density at radius 2 is 2.05 bits per heavy atom. The second-order valence-corrected chi connectivity index (χ2v) is 6.51. The lowest BCUT2D eigenvalue weighted by molar-refractivity contribution is 0.397. The van der Waals surface area contributed by atoms with Crippen LogP contribution in [0.25, 0.3) is 0 Å². The average Bonchev–Trinajstić information content (AvgIpc) is 2.84. The van der Waals surface area contributed by atoms with E-state index in [2.05, 4.69) is 4.98 Å². The number of pyridine rings is 1. The van der Waals surface area contributed by atoms with Crippen LogP contribution in [0.5, 0.6) is 0 Å². The predicted molar refractivity (Wildman–Crippen MR) is 74.2 cm³/mol. The highest BCUT2D eigenvalue weighted by molar-refractivity contribution is 7.89. The Hall–Kier alpha value is -1.70. The Morgan fingerprint density at radius 1 is 1.30 bits per heavy atom. The van der Waals surface area contributed by atoms with Crippen LogP contribution < -0.4 is 5.73 Å². The van der Waals surface area contributed by atoms with Gasteiger partial charge in [0.05, 0.1) is 12.2 Å². The molecule has 0 aliphatic carbocycles. The quantitative estimate of drug-likeness (QED) is 0.897. The Bertz CT molecular complexity index is 677. The highest BCUT2D eigenvalue weighted by Gasteiger charge is 2.22. The lowest BCUT2D eigenvalue weighted by atomic mass is 10.4. The molecule has 0 atom stereocenters. The lowest BCUT2D eigenvalue weighted by Crippen LogP contribution is -2.26. The predicted octanol–water partition coefficient (Wildman–Crippen LogP) is 1.26. The summed E-state index contributed by atoms with van der Waals surface area (Å²) in [6, 6.07) is 6.68. The summed E-state index contributed by atoms with van der Waals surface area (Å²) in [4.78, 5) is 4.14. The Kier molecular flexibility index (Phi) is 4.22. The number of nitrogens with two attached hydrogens (primary N) is 1. The first-order valence-electron chi connectivity index (χ1n) is 6.10. The molecule has 2 N–H and O–H groups in total. The molecule has 0 saturated carbocycles. The average molecular weight is 295 g/mol. The molecule has 0 spiro atoms. The maximum Gasteiger partial charge on any atom is 0.244 e. The maximum atomic E-state index is 12.4. The second kappa shape index (κ2) is 5.74. The van der Waals surface area contributed by atoms with E-state index in [1.165, 1.54) is 23.6 Å². The molecule has 7 heteroatoms. The topological polar surface area (TPSA) is 89.4 Å². The van der Waals surface area contributed by atoms with Crippen LogP contribution in [-0.4, -0.2) is 24.8 Å². The fourth-order valence-electron chi connectivity index (χ4n) is 1.74. The third-order valence-electron chi connectivity index (χ3n) is 2.89. The van der Waals surface area contributed by atoms with Gasteiger partial charge in [0.2, 0.25) is 10.0 Å². The van der Waals surface area contributed by atoms with Crippen molar-refractivity contribution in [3.8, 4) is 0 Å². The van der Waals surface area contributed by atoms with Gasteiger partial charge in [-0.15, -0.1) is 0 Å². The smallest absolute Gasteiger partial charge is 0.244 e. The summed E-state index contributed by atoms with van der Waals surface area (Å²) in [6.45, 7) is 2.27. The standard InChI is InChI=1S/C13H17N3O3S/c1-10-3-5-12(19-10)9-16(2)20(17,18)13-6-4-11(7-14)15-8-13/h3-6,8H,7,9,14H2,1-2H3. The fraction of sp³-hybridized carbons (Fsp3) is 0.308. The van der Waals surface area contributed by atoms with Gasteiger partial charge < -0.3 is 10.2 Å². The molecule has 0 fully saturated rings. The zero-order chi connectivity index (χ0) is 14.8. The van der Waals surface area contributed by atoms with Gasteiger partial charge in [-0.2, -0.15) is 4.31 Å². The molecule has 0 radical (unpaired) electrons. The summed E-state index contributed by atoms with van der Waals surface area (Å²) in [5, 5.41) is 0. The van der Waals surface area contributed by atoms with Gasteiger partial charge in [0, 0.05) is 19.8 Å². The number of hydrogen-bond donors (Lipinski definition) is 1. The van der Waals surface area contributed by atoms with Crippen molar-refractivity contribution < 1.29 is 12.8 Å². The molecule has 0 unspecified atom stereocenters. The molecular weight excluding hydrogens is 278 g/mol. The molecule has 20 heavy (non-hydrogen) atoms. The number of aryl methyl sites for hydroxylation is 1. The van der Waals surface area contributed by atoms with Crippen LogP contribution >= 0.6 is 0 Å². The normalized spacial score (nSPS) is 12.0. The monoisotopic (exact) mass is 295 g/mol. The number of sulfonamides is 1. The molecule has 0 bridgehead atoms. The maximum absolute atomic E-state index is 12.4. The zero-order valence-electron chi connectivity index (χ0n) is 11.4. The second-order valence-electron chi connectivity index (χ2n) is 4.46.